The first-order valence-electron chi connectivity index (χ1n) is 7.54. The quantitative estimate of drug-likeness (QED) is 0.866. The summed E-state index contributed by atoms with van der Waals surface area (Å²) in [6.07, 6.45) is 8.41. The van der Waals surface area contributed by atoms with Gasteiger partial charge < -0.3 is 15.0 Å². The number of ether oxygens (including phenoxy) is 1. The first-order chi connectivity index (χ1) is 9.68. The van der Waals surface area contributed by atoms with E-state index in [0.717, 1.165) is 24.5 Å². The Kier molecular flexibility index (Phi) is 5.38. The van der Waals surface area contributed by atoms with E-state index >= 15 is 0 Å². The standard InChI is InChI=1S/C16H27N3O/c1-19(2)16(9-5-4-6-10-16)13-17-12-14-8-7-11-18-15(14)20-3/h7-8,11,17H,4-6,9-10,12-13H2,1-3H3. The molecule has 0 bridgehead atoms. The third-order valence-electron chi connectivity index (χ3n) is 4.55. The largest absolute Gasteiger partial charge is 0.481 e. The van der Waals surface area contributed by atoms with Gasteiger partial charge in [-0.2, -0.15) is 0 Å². The minimum atomic E-state index is 0.313. The molecule has 0 aliphatic heterocycles. The molecule has 1 heterocycles. The normalized spacial score (nSPS) is 18.2. The molecule has 0 amide bonds. The lowest BCUT2D eigenvalue weighted by Gasteiger charge is -2.43. The zero-order valence-corrected chi connectivity index (χ0v) is 13.0. The van der Waals surface area contributed by atoms with Gasteiger partial charge in [-0.05, 0) is 33.0 Å². The molecule has 2 rings (SSSR count). The van der Waals surface area contributed by atoms with Crippen LogP contribution in [0.1, 0.15) is 37.7 Å². The van der Waals surface area contributed by atoms with Gasteiger partial charge in [0.15, 0.2) is 0 Å². The molecule has 1 saturated carbocycles. The molecule has 0 spiro atoms. The molecule has 1 aliphatic carbocycles. The molecule has 0 unspecified atom stereocenters. The van der Waals surface area contributed by atoms with Crippen LogP contribution in [-0.2, 0) is 6.54 Å². The van der Waals surface area contributed by atoms with E-state index in [1.807, 2.05) is 6.07 Å². The number of hydrogen-bond acceptors (Lipinski definition) is 4. The molecule has 0 aromatic carbocycles. The first-order valence-corrected chi connectivity index (χ1v) is 7.54. The van der Waals surface area contributed by atoms with E-state index in [9.17, 15) is 0 Å². The average Bonchev–Trinajstić information content (AvgIpc) is 2.48. The summed E-state index contributed by atoms with van der Waals surface area (Å²) in [7, 11) is 6.09. The van der Waals surface area contributed by atoms with Crippen LogP contribution in [0.25, 0.3) is 0 Å². The highest BCUT2D eigenvalue weighted by molar-refractivity contribution is 5.25. The molecule has 0 atom stereocenters. The summed E-state index contributed by atoms with van der Waals surface area (Å²) in [5.74, 6) is 0.725. The van der Waals surface area contributed by atoms with Crippen molar-refractivity contribution in [2.24, 2.45) is 0 Å². The van der Waals surface area contributed by atoms with Gasteiger partial charge in [-0.3, -0.25) is 0 Å². The molecule has 0 saturated heterocycles. The van der Waals surface area contributed by atoms with Gasteiger partial charge in [0.1, 0.15) is 0 Å². The Morgan fingerprint density at radius 2 is 2.05 bits per heavy atom. The molecule has 1 aliphatic rings. The number of likely N-dealkylation sites (N-methyl/N-ethyl adjacent to an activating group) is 1. The summed E-state index contributed by atoms with van der Waals surface area (Å²) < 4.78 is 5.30. The van der Waals surface area contributed by atoms with E-state index in [1.165, 1.54) is 32.1 Å². The Labute approximate surface area is 122 Å². The van der Waals surface area contributed by atoms with Crippen LogP contribution < -0.4 is 10.1 Å². The average molecular weight is 277 g/mol. The second kappa shape index (κ2) is 7.04. The van der Waals surface area contributed by atoms with E-state index in [2.05, 4.69) is 35.4 Å². The van der Waals surface area contributed by atoms with Crippen LogP contribution in [0.15, 0.2) is 18.3 Å². The Hall–Kier alpha value is -1.13. The van der Waals surface area contributed by atoms with Crippen LogP contribution in [0.3, 0.4) is 0 Å². The van der Waals surface area contributed by atoms with E-state index in [4.69, 9.17) is 4.74 Å². The van der Waals surface area contributed by atoms with Crippen LogP contribution >= 0.6 is 0 Å². The summed E-state index contributed by atoms with van der Waals surface area (Å²) in [6, 6.07) is 4.03. The predicted octanol–water partition coefficient (Wildman–Crippen LogP) is 2.44. The van der Waals surface area contributed by atoms with Gasteiger partial charge in [-0.1, -0.05) is 25.3 Å². The monoisotopic (exact) mass is 277 g/mol. The lowest BCUT2D eigenvalue weighted by molar-refractivity contribution is 0.0983. The van der Waals surface area contributed by atoms with Crippen LogP contribution in [0, 0.1) is 0 Å². The summed E-state index contributed by atoms with van der Waals surface area (Å²) >= 11 is 0. The highest BCUT2D eigenvalue weighted by Crippen LogP contribution is 2.31. The molecule has 1 fully saturated rings. The molecule has 20 heavy (non-hydrogen) atoms. The van der Waals surface area contributed by atoms with Crippen LogP contribution in [-0.4, -0.2) is 43.2 Å². The third-order valence-corrected chi connectivity index (χ3v) is 4.55. The van der Waals surface area contributed by atoms with Crippen molar-refractivity contribution < 1.29 is 4.74 Å². The summed E-state index contributed by atoms with van der Waals surface area (Å²) in [5, 5.41) is 3.61. The van der Waals surface area contributed by atoms with Gasteiger partial charge in [0, 0.05) is 30.4 Å². The zero-order chi connectivity index (χ0) is 14.4. The minimum Gasteiger partial charge on any atom is -0.481 e. The van der Waals surface area contributed by atoms with E-state index in [-0.39, 0.29) is 0 Å². The lowest BCUT2D eigenvalue weighted by atomic mass is 9.80. The molecule has 1 aromatic heterocycles. The highest BCUT2D eigenvalue weighted by atomic mass is 16.5. The Bertz CT molecular complexity index is 414. The van der Waals surface area contributed by atoms with Crippen molar-refractivity contribution in [3.05, 3.63) is 23.9 Å². The Morgan fingerprint density at radius 1 is 1.30 bits per heavy atom. The number of methoxy groups -OCH3 is 1. The van der Waals surface area contributed by atoms with Crippen molar-refractivity contribution in [2.45, 2.75) is 44.2 Å². The maximum Gasteiger partial charge on any atom is 0.217 e. The molecule has 1 N–H and O–H groups in total. The SMILES string of the molecule is COc1ncccc1CNCC1(N(C)C)CCCCC1. The van der Waals surface area contributed by atoms with Crippen molar-refractivity contribution in [3.8, 4) is 5.88 Å². The van der Waals surface area contributed by atoms with Crippen molar-refractivity contribution in [2.75, 3.05) is 27.7 Å². The number of pyridine rings is 1. The lowest BCUT2D eigenvalue weighted by Crippen LogP contribution is -2.52. The first kappa shape index (κ1) is 15.3. The second-order valence-electron chi connectivity index (χ2n) is 5.95. The molecule has 1 aromatic rings. The third kappa shape index (κ3) is 3.49. The number of nitrogens with one attached hydrogen (secondary N) is 1. The Morgan fingerprint density at radius 3 is 2.70 bits per heavy atom. The number of aromatic nitrogens is 1. The zero-order valence-electron chi connectivity index (χ0n) is 13.0. The van der Waals surface area contributed by atoms with E-state index < -0.39 is 0 Å². The number of rotatable bonds is 6. The highest BCUT2D eigenvalue weighted by Gasteiger charge is 2.33. The molecular formula is C16H27N3O. The van der Waals surface area contributed by atoms with Crippen LogP contribution in [0.2, 0.25) is 0 Å². The van der Waals surface area contributed by atoms with Crippen molar-refractivity contribution in [1.29, 1.82) is 0 Å². The second-order valence-corrected chi connectivity index (χ2v) is 5.95. The molecule has 112 valence electrons. The van der Waals surface area contributed by atoms with Crippen molar-refractivity contribution in [3.63, 3.8) is 0 Å². The maximum atomic E-state index is 5.30. The summed E-state index contributed by atoms with van der Waals surface area (Å²) in [5.41, 5.74) is 1.44. The Balaban J connectivity index is 1.93. The maximum absolute atomic E-state index is 5.30. The predicted molar refractivity (Wildman–Crippen MR) is 82.0 cm³/mol. The number of hydrogen-bond donors (Lipinski definition) is 1. The van der Waals surface area contributed by atoms with Crippen molar-refractivity contribution >= 4 is 0 Å². The summed E-state index contributed by atoms with van der Waals surface area (Å²) in [4.78, 5) is 6.64. The smallest absolute Gasteiger partial charge is 0.217 e. The summed E-state index contributed by atoms with van der Waals surface area (Å²) in [6.45, 7) is 1.84. The minimum absolute atomic E-state index is 0.313. The molecular weight excluding hydrogens is 250 g/mol. The van der Waals surface area contributed by atoms with Gasteiger partial charge in [0.25, 0.3) is 0 Å². The molecule has 0 radical (unpaired) electrons. The van der Waals surface area contributed by atoms with Gasteiger partial charge in [-0.25, -0.2) is 4.98 Å². The fourth-order valence-corrected chi connectivity index (χ4v) is 3.16. The van der Waals surface area contributed by atoms with Crippen LogP contribution in [0.5, 0.6) is 5.88 Å². The van der Waals surface area contributed by atoms with Crippen molar-refractivity contribution in [1.82, 2.24) is 15.2 Å². The molecule has 4 nitrogen and oxygen atoms in total. The van der Waals surface area contributed by atoms with E-state index in [0.29, 0.717) is 5.54 Å². The molecule has 4 heteroatoms. The van der Waals surface area contributed by atoms with Crippen LogP contribution in [0.4, 0.5) is 0 Å². The fourth-order valence-electron chi connectivity index (χ4n) is 3.16. The van der Waals surface area contributed by atoms with E-state index in [1.54, 1.807) is 13.3 Å². The topological polar surface area (TPSA) is 37.4 Å². The number of nitrogens with zero attached hydrogens (tertiary/aromatic N) is 2. The fraction of sp³-hybridized carbons (Fsp3) is 0.688. The van der Waals surface area contributed by atoms with Gasteiger partial charge in [-0.15, -0.1) is 0 Å². The van der Waals surface area contributed by atoms with Gasteiger partial charge in [0.2, 0.25) is 5.88 Å². The van der Waals surface area contributed by atoms with Gasteiger partial charge >= 0.3 is 0 Å². The van der Waals surface area contributed by atoms with Gasteiger partial charge in [0.05, 0.1) is 7.11 Å².